The first-order valence-corrected chi connectivity index (χ1v) is 6.68. The number of rotatable bonds is 4. The van der Waals surface area contributed by atoms with Gasteiger partial charge in [-0.25, -0.2) is 0 Å². The molecule has 0 spiro atoms. The van der Waals surface area contributed by atoms with E-state index in [2.05, 4.69) is 42.6 Å². The summed E-state index contributed by atoms with van der Waals surface area (Å²) in [6, 6.07) is 0.441. The molecule has 0 radical (unpaired) electrons. The molecule has 2 bridgehead atoms. The highest BCUT2D eigenvalue weighted by atomic mass is 15.3. The number of aromatic nitrogens is 2. The van der Waals surface area contributed by atoms with Crippen molar-refractivity contribution < 1.29 is 0 Å². The Kier molecular flexibility index (Phi) is 2.69. The summed E-state index contributed by atoms with van der Waals surface area (Å²) in [5, 5.41) is 7.88. The van der Waals surface area contributed by atoms with Crippen LogP contribution in [0.15, 0.2) is 24.5 Å². The molecule has 1 fully saturated rings. The second kappa shape index (κ2) is 4.21. The average Bonchev–Trinajstić information content (AvgIpc) is 3.02. The van der Waals surface area contributed by atoms with E-state index in [0.29, 0.717) is 6.04 Å². The Labute approximate surface area is 103 Å². The third kappa shape index (κ3) is 2.11. The summed E-state index contributed by atoms with van der Waals surface area (Å²) in [7, 11) is 0. The van der Waals surface area contributed by atoms with Crippen LogP contribution in [0.2, 0.25) is 0 Å². The number of fused-ring (bicyclic) bond motifs is 2. The monoisotopic (exact) mass is 231 g/mol. The summed E-state index contributed by atoms with van der Waals surface area (Å²) < 4.78 is 2.00. The standard InChI is InChI=1S/C14H21N3/c1-10(2)17-9-14(8-16-17)15-7-13-6-11-3-4-12(13)5-11/h3-4,8-13,15H,5-7H2,1-2H3. The number of allylic oxidation sites excluding steroid dienone is 2. The Morgan fingerprint density at radius 3 is 2.88 bits per heavy atom. The van der Waals surface area contributed by atoms with Gasteiger partial charge in [0.1, 0.15) is 0 Å². The molecule has 1 heterocycles. The van der Waals surface area contributed by atoms with E-state index in [0.717, 1.165) is 30.0 Å². The van der Waals surface area contributed by atoms with Gasteiger partial charge in [-0.15, -0.1) is 0 Å². The highest BCUT2D eigenvalue weighted by Gasteiger charge is 2.35. The molecule has 0 amide bonds. The van der Waals surface area contributed by atoms with Gasteiger partial charge in [0.2, 0.25) is 0 Å². The van der Waals surface area contributed by atoms with E-state index < -0.39 is 0 Å². The van der Waals surface area contributed by atoms with Crippen LogP contribution in [-0.2, 0) is 0 Å². The van der Waals surface area contributed by atoms with Gasteiger partial charge in [0.05, 0.1) is 11.9 Å². The van der Waals surface area contributed by atoms with Gasteiger partial charge < -0.3 is 5.32 Å². The van der Waals surface area contributed by atoms with E-state index in [1.807, 2.05) is 10.9 Å². The number of anilines is 1. The van der Waals surface area contributed by atoms with E-state index in [1.54, 1.807) is 0 Å². The van der Waals surface area contributed by atoms with Crippen LogP contribution in [0.1, 0.15) is 32.7 Å². The van der Waals surface area contributed by atoms with Gasteiger partial charge in [0.15, 0.2) is 0 Å². The predicted molar refractivity (Wildman–Crippen MR) is 69.9 cm³/mol. The van der Waals surface area contributed by atoms with Crippen molar-refractivity contribution in [3.63, 3.8) is 0 Å². The molecule has 1 N–H and O–H groups in total. The van der Waals surface area contributed by atoms with E-state index in [4.69, 9.17) is 0 Å². The molecule has 3 atom stereocenters. The first-order chi connectivity index (χ1) is 8.22. The van der Waals surface area contributed by atoms with Crippen LogP contribution >= 0.6 is 0 Å². The lowest BCUT2D eigenvalue weighted by atomic mass is 9.94. The van der Waals surface area contributed by atoms with Crippen molar-refractivity contribution in [3.05, 3.63) is 24.5 Å². The largest absolute Gasteiger partial charge is 0.382 e. The second-order valence-electron chi connectivity index (χ2n) is 5.72. The summed E-state index contributed by atoms with van der Waals surface area (Å²) >= 11 is 0. The van der Waals surface area contributed by atoms with Crippen LogP contribution in [0, 0.1) is 17.8 Å². The molecule has 3 unspecified atom stereocenters. The molecule has 92 valence electrons. The van der Waals surface area contributed by atoms with Crippen LogP contribution in [0.3, 0.4) is 0 Å². The molecule has 0 aliphatic heterocycles. The molecule has 1 aromatic rings. The maximum absolute atomic E-state index is 4.35. The zero-order valence-corrected chi connectivity index (χ0v) is 10.6. The van der Waals surface area contributed by atoms with Crippen molar-refractivity contribution in [3.8, 4) is 0 Å². The van der Waals surface area contributed by atoms with Crippen molar-refractivity contribution in [2.24, 2.45) is 17.8 Å². The third-order valence-electron chi connectivity index (χ3n) is 4.12. The van der Waals surface area contributed by atoms with Crippen molar-refractivity contribution in [1.29, 1.82) is 0 Å². The van der Waals surface area contributed by atoms with Gasteiger partial charge in [0, 0.05) is 18.8 Å². The summed E-state index contributed by atoms with van der Waals surface area (Å²) in [6.45, 7) is 5.39. The lowest BCUT2D eigenvalue weighted by molar-refractivity contribution is 0.472. The van der Waals surface area contributed by atoms with Gasteiger partial charge in [-0.3, -0.25) is 4.68 Å². The molecule has 1 saturated carbocycles. The Hall–Kier alpha value is -1.25. The molecule has 17 heavy (non-hydrogen) atoms. The Balaban J connectivity index is 1.55. The first kappa shape index (κ1) is 10.9. The number of hydrogen-bond acceptors (Lipinski definition) is 2. The zero-order valence-electron chi connectivity index (χ0n) is 10.6. The maximum Gasteiger partial charge on any atom is 0.0726 e. The first-order valence-electron chi connectivity index (χ1n) is 6.68. The molecular formula is C14H21N3. The number of nitrogens with zero attached hydrogens (tertiary/aromatic N) is 2. The van der Waals surface area contributed by atoms with Crippen LogP contribution in [-0.4, -0.2) is 16.3 Å². The van der Waals surface area contributed by atoms with E-state index >= 15 is 0 Å². The molecule has 2 aliphatic carbocycles. The normalized spacial score (nSPS) is 30.4. The van der Waals surface area contributed by atoms with Crippen molar-refractivity contribution in [2.45, 2.75) is 32.7 Å². The van der Waals surface area contributed by atoms with E-state index in [9.17, 15) is 0 Å². The lowest BCUT2D eigenvalue weighted by Crippen LogP contribution is -2.18. The Morgan fingerprint density at radius 2 is 2.29 bits per heavy atom. The predicted octanol–water partition coefficient (Wildman–Crippen LogP) is 3.09. The summed E-state index contributed by atoms with van der Waals surface area (Å²) in [5.74, 6) is 2.52. The minimum atomic E-state index is 0.441. The molecule has 3 heteroatoms. The highest BCUT2D eigenvalue weighted by Crippen LogP contribution is 2.43. The summed E-state index contributed by atoms with van der Waals surface area (Å²) in [4.78, 5) is 0. The number of hydrogen-bond donors (Lipinski definition) is 1. The molecule has 3 rings (SSSR count). The quantitative estimate of drug-likeness (QED) is 0.807. The van der Waals surface area contributed by atoms with Gasteiger partial charge in [-0.2, -0.15) is 5.10 Å². The fraction of sp³-hybridized carbons (Fsp3) is 0.643. The Bertz CT molecular complexity index is 419. The van der Waals surface area contributed by atoms with E-state index in [1.165, 1.54) is 12.8 Å². The van der Waals surface area contributed by atoms with Gasteiger partial charge in [-0.1, -0.05) is 12.2 Å². The molecule has 3 nitrogen and oxygen atoms in total. The van der Waals surface area contributed by atoms with Crippen molar-refractivity contribution >= 4 is 5.69 Å². The fourth-order valence-corrected chi connectivity index (χ4v) is 3.09. The molecule has 0 aromatic carbocycles. The molecule has 0 saturated heterocycles. The van der Waals surface area contributed by atoms with Crippen LogP contribution < -0.4 is 5.32 Å². The van der Waals surface area contributed by atoms with Crippen LogP contribution in [0.25, 0.3) is 0 Å². The Morgan fingerprint density at radius 1 is 1.41 bits per heavy atom. The SMILES string of the molecule is CC(C)n1cc(NCC2CC3C=CC2C3)cn1. The fourth-order valence-electron chi connectivity index (χ4n) is 3.09. The van der Waals surface area contributed by atoms with Crippen molar-refractivity contribution in [2.75, 3.05) is 11.9 Å². The van der Waals surface area contributed by atoms with Gasteiger partial charge >= 0.3 is 0 Å². The highest BCUT2D eigenvalue weighted by molar-refractivity contribution is 5.38. The van der Waals surface area contributed by atoms with Gasteiger partial charge in [-0.05, 0) is 44.4 Å². The van der Waals surface area contributed by atoms with Crippen LogP contribution in [0.4, 0.5) is 5.69 Å². The number of nitrogens with one attached hydrogen (secondary N) is 1. The molecular weight excluding hydrogens is 210 g/mol. The summed E-state index contributed by atoms with van der Waals surface area (Å²) in [5.41, 5.74) is 1.16. The van der Waals surface area contributed by atoms with Gasteiger partial charge in [0.25, 0.3) is 0 Å². The molecule has 1 aromatic heterocycles. The van der Waals surface area contributed by atoms with E-state index in [-0.39, 0.29) is 0 Å². The van der Waals surface area contributed by atoms with Crippen LogP contribution in [0.5, 0.6) is 0 Å². The van der Waals surface area contributed by atoms with Crippen molar-refractivity contribution in [1.82, 2.24) is 9.78 Å². The summed E-state index contributed by atoms with van der Waals surface area (Å²) in [6.07, 6.45) is 11.6. The second-order valence-corrected chi connectivity index (χ2v) is 5.72. The average molecular weight is 231 g/mol. The minimum absolute atomic E-state index is 0.441. The maximum atomic E-state index is 4.35. The smallest absolute Gasteiger partial charge is 0.0726 e. The third-order valence-corrected chi connectivity index (χ3v) is 4.12. The topological polar surface area (TPSA) is 29.9 Å². The minimum Gasteiger partial charge on any atom is -0.382 e. The molecule has 2 aliphatic rings. The zero-order chi connectivity index (χ0) is 11.8. The lowest BCUT2D eigenvalue weighted by Gasteiger charge is -2.18.